The maximum absolute atomic E-state index is 12.9. The summed E-state index contributed by atoms with van der Waals surface area (Å²) in [6.45, 7) is -0.377. The lowest BCUT2D eigenvalue weighted by atomic mass is 9.82. The molecule has 2 aromatic carbocycles. The molecule has 1 fully saturated rings. The molecular formula is C21H21BrF3NO3. The number of nitrogens with one attached hydrogen (secondary N) is 1. The molecule has 0 unspecified atom stereocenters. The van der Waals surface area contributed by atoms with Gasteiger partial charge in [0.1, 0.15) is 6.61 Å². The molecule has 0 aliphatic carbocycles. The Kier molecular flexibility index (Phi) is 6.97. The summed E-state index contributed by atoms with van der Waals surface area (Å²) in [6.07, 6.45) is -3.05. The fraction of sp³-hybridized carbons (Fsp3) is 0.381. The van der Waals surface area contributed by atoms with Gasteiger partial charge in [-0.2, -0.15) is 13.2 Å². The van der Waals surface area contributed by atoms with Crippen LogP contribution >= 0.6 is 15.9 Å². The van der Waals surface area contributed by atoms with Crippen molar-refractivity contribution < 1.29 is 27.4 Å². The molecule has 0 bridgehead atoms. The molecule has 1 amide bonds. The summed E-state index contributed by atoms with van der Waals surface area (Å²) < 4.78 is 47.5. The van der Waals surface area contributed by atoms with E-state index in [0.717, 1.165) is 10.0 Å². The van der Waals surface area contributed by atoms with Gasteiger partial charge >= 0.3 is 6.18 Å². The van der Waals surface area contributed by atoms with Crippen molar-refractivity contribution in [3.63, 3.8) is 0 Å². The van der Waals surface area contributed by atoms with Crippen molar-refractivity contribution in [1.29, 1.82) is 0 Å². The molecule has 0 saturated carbocycles. The van der Waals surface area contributed by atoms with Gasteiger partial charge in [-0.05, 0) is 48.2 Å². The first-order chi connectivity index (χ1) is 13.8. The SMILES string of the molecule is O=C(NC1(c2cccc(Br)c2)CCOCC1)c1ccc(COCC(F)(F)F)cc1. The highest BCUT2D eigenvalue weighted by atomic mass is 79.9. The van der Waals surface area contributed by atoms with Crippen LogP contribution in [0.3, 0.4) is 0 Å². The topological polar surface area (TPSA) is 47.6 Å². The lowest BCUT2D eigenvalue weighted by Gasteiger charge is -2.38. The molecule has 1 aliphatic rings. The second-order valence-electron chi connectivity index (χ2n) is 6.96. The third kappa shape index (κ3) is 6.04. The molecule has 1 heterocycles. The van der Waals surface area contributed by atoms with Crippen LogP contribution in [-0.2, 0) is 21.6 Å². The van der Waals surface area contributed by atoms with Gasteiger partial charge in [0.15, 0.2) is 0 Å². The molecule has 1 N–H and O–H groups in total. The van der Waals surface area contributed by atoms with E-state index < -0.39 is 18.3 Å². The molecule has 1 aliphatic heterocycles. The highest BCUT2D eigenvalue weighted by Gasteiger charge is 2.36. The van der Waals surface area contributed by atoms with Crippen LogP contribution in [0.4, 0.5) is 13.2 Å². The minimum Gasteiger partial charge on any atom is -0.381 e. The van der Waals surface area contributed by atoms with Crippen LogP contribution in [0.25, 0.3) is 0 Å². The minimum absolute atomic E-state index is 0.166. The van der Waals surface area contributed by atoms with E-state index in [4.69, 9.17) is 4.74 Å². The molecule has 3 rings (SSSR count). The molecule has 0 spiro atoms. The third-order valence-electron chi connectivity index (χ3n) is 4.83. The number of halogens is 4. The summed E-state index contributed by atoms with van der Waals surface area (Å²) in [5, 5.41) is 3.15. The monoisotopic (exact) mass is 471 g/mol. The molecular weight excluding hydrogens is 451 g/mol. The number of carbonyl (C=O) groups excluding carboxylic acids is 1. The molecule has 4 nitrogen and oxygen atoms in total. The number of amides is 1. The molecule has 1 saturated heterocycles. The van der Waals surface area contributed by atoms with Crippen LogP contribution < -0.4 is 5.32 Å². The van der Waals surface area contributed by atoms with Gasteiger partial charge in [0.2, 0.25) is 0 Å². The Hall–Kier alpha value is -1.90. The molecule has 8 heteroatoms. The van der Waals surface area contributed by atoms with Crippen molar-refractivity contribution in [3.05, 3.63) is 69.7 Å². The molecule has 156 valence electrons. The molecule has 2 aromatic rings. The van der Waals surface area contributed by atoms with E-state index >= 15 is 0 Å². The molecule has 0 radical (unpaired) electrons. The Morgan fingerprint density at radius 2 is 1.83 bits per heavy atom. The summed E-state index contributed by atoms with van der Waals surface area (Å²) in [5.74, 6) is -0.241. The second-order valence-corrected chi connectivity index (χ2v) is 7.88. The smallest absolute Gasteiger partial charge is 0.381 e. The van der Waals surface area contributed by atoms with E-state index in [-0.39, 0.29) is 12.5 Å². The average molecular weight is 472 g/mol. The number of alkyl halides is 3. The van der Waals surface area contributed by atoms with Gasteiger partial charge in [0.05, 0.1) is 12.1 Å². The second kappa shape index (κ2) is 9.28. The maximum atomic E-state index is 12.9. The van der Waals surface area contributed by atoms with Gasteiger partial charge in [0, 0.05) is 23.2 Å². The van der Waals surface area contributed by atoms with E-state index in [2.05, 4.69) is 26.0 Å². The van der Waals surface area contributed by atoms with Gasteiger partial charge in [-0.15, -0.1) is 0 Å². The fourth-order valence-corrected chi connectivity index (χ4v) is 3.72. The zero-order valence-corrected chi connectivity index (χ0v) is 17.2. The number of hydrogen-bond donors (Lipinski definition) is 1. The van der Waals surface area contributed by atoms with Crippen LogP contribution in [0.1, 0.15) is 34.3 Å². The van der Waals surface area contributed by atoms with Crippen LogP contribution in [-0.4, -0.2) is 31.9 Å². The standard InChI is InChI=1S/C21H21BrF3NO3/c22-18-3-1-2-17(12-18)20(8-10-28-11-9-20)26-19(27)16-6-4-15(5-7-16)13-29-14-21(23,24)25/h1-7,12H,8-11,13-14H2,(H,26,27). The van der Waals surface area contributed by atoms with E-state index in [1.54, 1.807) is 24.3 Å². The van der Waals surface area contributed by atoms with Crippen molar-refractivity contribution >= 4 is 21.8 Å². The predicted molar refractivity (Wildman–Crippen MR) is 105 cm³/mol. The minimum atomic E-state index is -4.36. The Morgan fingerprint density at radius 3 is 2.45 bits per heavy atom. The quantitative estimate of drug-likeness (QED) is 0.647. The summed E-state index contributed by atoms with van der Waals surface area (Å²) in [5.41, 5.74) is 1.47. The number of benzene rings is 2. The Morgan fingerprint density at radius 1 is 1.14 bits per heavy atom. The van der Waals surface area contributed by atoms with Crippen LogP contribution in [0.5, 0.6) is 0 Å². The highest BCUT2D eigenvalue weighted by molar-refractivity contribution is 9.10. The summed E-state index contributed by atoms with van der Waals surface area (Å²) >= 11 is 3.48. The summed E-state index contributed by atoms with van der Waals surface area (Å²) in [6, 6.07) is 14.2. The number of hydrogen-bond acceptors (Lipinski definition) is 3. The van der Waals surface area contributed by atoms with Gasteiger partial charge in [-0.1, -0.05) is 40.2 Å². The molecule has 29 heavy (non-hydrogen) atoms. The van der Waals surface area contributed by atoms with Crippen molar-refractivity contribution in [2.75, 3.05) is 19.8 Å². The largest absolute Gasteiger partial charge is 0.411 e. The average Bonchev–Trinajstić information content (AvgIpc) is 2.68. The summed E-state index contributed by atoms with van der Waals surface area (Å²) in [4.78, 5) is 12.9. The molecule has 0 atom stereocenters. The van der Waals surface area contributed by atoms with Crippen LogP contribution in [0, 0.1) is 0 Å². The highest BCUT2D eigenvalue weighted by Crippen LogP contribution is 2.34. The van der Waals surface area contributed by atoms with E-state index in [9.17, 15) is 18.0 Å². The zero-order valence-electron chi connectivity index (χ0n) is 15.6. The van der Waals surface area contributed by atoms with Crippen molar-refractivity contribution in [1.82, 2.24) is 5.32 Å². The van der Waals surface area contributed by atoms with E-state index in [1.165, 1.54) is 0 Å². The third-order valence-corrected chi connectivity index (χ3v) is 5.32. The number of carbonyl (C=O) groups is 1. The normalized spacial score (nSPS) is 16.4. The Balaban J connectivity index is 1.70. The van der Waals surface area contributed by atoms with Gasteiger partial charge < -0.3 is 14.8 Å². The zero-order chi connectivity index (χ0) is 20.9. The Labute approximate surface area is 175 Å². The lowest BCUT2D eigenvalue weighted by Crippen LogP contribution is -2.49. The van der Waals surface area contributed by atoms with Crippen LogP contribution in [0.2, 0.25) is 0 Å². The lowest BCUT2D eigenvalue weighted by molar-refractivity contribution is -0.176. The fourth-order valence-electron chi connectivity index (χ4n) is 3.32. The van der Waals surface area contributed by atoms with Gasteiger partial charge in [-0.25, -0.2) is 0 Å². The van der Waals surface area contributed by atoms with Crippen molar-refractivity contribution in [3.8, 4) is 0 Å². The van der Waals surface area contributed by atoms with Crippen molar-refractivity contribution in [2.24, 2.45) is 0 Å². The Bertz CT molecular complexity index is 834. The van der Waals surface area contributed by atoms with Gasteiger partial charge in [0.25, 0.3) is 5.91 Å². The van der Waals surface area contributed by atoms with E-state index in [0.29, 0.717) is 37.2 Å². The predicted octanol–water partition coefficient (Wildman–Crippen LogP) is 4.96. The first-order valence-electron chi connectivity index (χ1n) is 9.17. The number of rotatable bonds is 6. The van der Waals surface area contributed by atoms with Gasteiger partial charge in [-0.3, -0.25) is 4.79 Å². The van der Waals surface area contributed by atoms with E-state index in [1.807, 2.05) is 24.3 Å². The first kappa shape index (κ1) is 21.8. The first-order valence-corrected chi connectivity index (χ1v) is 9.96. The van der Waals surface area contributed by atoms with Crippen molar-refractivity contribution in [2.45, 2.75) is 31.2 Å². The maximum Gasteiger partial charge on any atom is 0.411 e. The number of ether oxygens (including phenoxy) is 2. The molecule has 0 aromatic heterocycles. The summed E-state index contributed by atoms with van der Waals surface area (Å²) in [7, 11) is 0. The van der Waals surface area contributed by atoms with Crippen LogP contribution in [0.15, 0.2) is 53.0 Å².